The largest absolute Gasteiger partial charge is 0.477 e. The lowest BCUT2D eigenvalue weighted by Gasteiger charge is -2.03. The van der Waals surface area contributed by atoms with Crippen molar-refractivity contribution >= 4 is 23.1 Å². The normalized spacial score (nSPS) is 15.6. The SMILES string of the molecule is O=C(O)c1cccc2c(Cl)nc(C3CC3)n12. The molecule has 0 aromatic carbocycles. The summed E-state index contributed by atoms with van der Waals surface area (Å²) in [5.41, 5.74) is 0.891. The molecule has 3 rings (SSSR count). The Hall–Kier alpha value is -1.55. The molecule has 0 unspecified atom stereocenters. The highest BCUT2D eigenvalue weighted by Crippen LogP contribution is 2.41. The number of pyridine rings is 1. The van der Waals surface area contributed by atoms with Crippen LogP contribution in [0.5, 0.6) is 0 Å². The van der Waals surface area contributed by atoms with Crippen LogP contribution < -0.4 is 0 Å². The summed E-state index contributed by atoms with van der Waals surface area (Å²) < 4.78 is 1.66. The molecule has 0 spiro atoms. The topological polar surface area (TPSA) is 54.6 Å². The number of imidazole rings is 1. The van der Waals surface area contributed by atoms with Crippen molar-refractivity contribution in [3.63, 3.8) is 0 Å². The number of hydrogen-bond donors (Lipinski definition) is 1. The Morgan fingerprint density at radius 2 is 2.25 bits per heavy atom. The minimum Gasteiger partial charge on any atom is -0.477 e. The van der Waals surface area contributed by atoms with Gasteiger partial charge in [-0.2, -0.15) is 0 Å². The van der Waals surface area contributed by atoms with Crippen LogP contribution in [0.2, 0.25) is 5.15 Å². The second kappa shape index (κ2) is 3.22. The van der Waals surface area contributed by atoms with Gasteiger partial charge in [0.2, 0.25) is 0 Å². The fraction of sp³-hybridized carbons (Fsp3) is 0.273. The Kier molecular flexibility index (Phi) is 1.94. The third-order valence-corrected chi connectivity index (χ3v) is 3.08. The summed E-state index contributed by atoms with van der Waals surface area (Å²) in [7, 11) is 0. The number of aromatic nitrogens is 2. The monoisotopic (exact) mass is 236 g/mol. The number of carbonyl (C=O) groups is 1. The quantitative estimate of drug-likeness (QED) is 0.872. The van der Waals surface area contributed by atoms with E-state index < -0.39 is 5.97 Å². The summed E-state index contributed by atoms with van der Waals surface area (Å²) in [4.78, 5) is 15.4. The van der Waals surface area contributed by atoms with Crippen LogP contribution in [0.25, 0.3) is 5.52 Å². The Morgan fingerprint density at radius 1 is 1.50 bits per heavy atom. The summed E-state index contributed by atoms with van der Waals surface area (Å²) in [6.07, 6.45) is 2.12. The number of carboxylic acids is 1. The van der Waals surface area contributed by atoms with Crippen molar-refractivity contribution in [1.82, 2.24) is 9.38 Å². The molecule has 0 atom stereocenters. The molecule has 1 saturated carbocycles. The first-order valence-electron chi connectivity index (χ1n) is 5.08. The maximum Gasteiger partial charge on any atom is 0.352 e. The molecule has 2 heterocycles. The molecule has 1 aliphatic carbocycles. The molecule has 1 aliphatic rings. The van der Waals surface area contributed by atoms with Gasteiger partial charge in [-0.15, -0.1) is 0 Å². The lowest BCUT2D eigenvalue weighted by molar-refractivity contribution is 0.0688. The smallest absolute Gasteiger partial charge is 0.352 e. The maximum atomic E-state index is 11.1. The highest BCUT2D eigenvalue weighted by atomic mass is 35.5. The molecule has 5 heteroatoms. The average molecular weight is 237 g/mol. The van der Waals surface area contributed by atoms with Crippen molar-refractivity contribution in [3.8, 4) is 0 Å². The van der Waals surface area contributed by atoms with Gasteiger partial charge in [-0.25, -0.2) is 9.78 Å². The van der Waals surface area contributed by atoms with Crippen molar-refractivity contribution in [2.24, 2.45) is 0 Å². The van der Waals surface area contributed by atoms with E-state index >= 15 is 0 Å². The predicted octanol–water partition coefficient (Wildman–Crippen LogP) is 2.56. The van der Waals surface area contributed by atoms with Crippen LogP contribution in [0.3, 0.4) is 0 Å². The maximum absolute atomic E-state index is 11.1. The van der Waals surface area contributed by atoms with Crippen molar-refractivity contribution < 1.29 is 9.90 Å². The van der Waals surface area contributed by atoms with Crippen molar-refractivity contribution in [3.05, 3.63) is 34.9 Å². The molecule has 0 saturated heterocycles. The molecule has 0 amide bonds. The van der Waals surface area contributed by atoms with E-state index in [9.17, 15) is 4.79 Å². The van der Waals surface area contributed by atoms with Gasteiger partial charge in [0.15, 0.2) is 5.15 Å². The lowest BCUT2D eigenvalue weighted by atomic mass is 10.3. The Bertz CT molecular complexity index is 587. The zero-order chi connectivity index (χ0) is 11.3. The van der Waals surface area contributed by atoms with Gasteiger partial charge in [-0.3, -0.25) is 4.40 Å². The van der Waals surface area contributed by atoms with E-state index in [0.717, 1.165) is 18.7 Å². The van der Waals surface area contributed by atoms with E-state index in [1.54, 1.807) is 22.6 Å². The van der Waals surface area contributed by atoms with Crippen molar-refractivity contribution in [2.45, 2.75) is 18.8 Å². The molecule has 82 valence electrons. The Labute approximate surface area is 96.5 Å². The number of nitrogens with zero attached hydrogens (tertiary/aromatic N) is 2. The van der Waals surface area contributed by atoms with Gasteiger partial charge in [0.1, 0.15) is 11.5 Å². The third kappa shape index (κ3) is 1.30. The molecule has 16 heavy (non-hydrogen) atoms. The van der Waals surface area contributed by atoms with Crippen molar-refractivity contribution in [2.75, 3.05) is 0 Å². The fourth-order valence-corrected chi connectivity index (χ4v) is 2.14. The number of halogens is 1. The van der Waals surface area contributed by atoms with E-state index in [2.05, 4.69) is 4.98 Å². The van der Waals surface area contributed by atoms with Crippen LogP contribution in [0.15, 0.2) is 18.2 Å². The van der Waals surface area contributed by atoms with Gasteiger partial charge >= 0.3 is 5.97 Å². The van der Waals surface area contributed by atoms with E-state index in [4.69, 9.17) is 16.7 Å². The average Bonchev–Trinajstić information content (AvgIpc) is 3.04. The fourth-order valence-electron chi connectivity index (χ4n) is 1.91. The van der Waals surface area contributed by atoms with Gasteiger partial charge in [0.05, 0.1) is 5.52 Å². The summed E-state index contributed by atoms with van der Waals surface area (Å²) in [6.45, 7) is 0. The number of aromatic carboxylic acids is 1. The highest BCUT2D eigenvalue weighted by molar-refractivity contribution is 6.32. The van der Waals surface area contributed by atoms with E-state index in [-0.39, 0.29) is 5.69 Å². The van der Waals surface area contributed by atoms with Crippen LogP contribution in [0.4, 0.5) is 0 Å². The zero-order valence-electron chi connectivity index (χ0n) is 8.35. The van der Waals surface area contributed by atoms with Gasteiger partial charge < -0.3 is 5.11 Å². The summed E-state index contributed by atoms with van der Waals surface area (Å²) in [5.74, 6) is 0.181. The molecular weight excluding hydrogens is 228 g/mol. The van der Waals surface area contributed by atoms with Gasteiger partial charge in [0.25, 0.3) is 0 Å². The lowest BCUT2D eigenvalue weighted by Crippen LogP contribution is -2.06. The number of hydrogen-bond acceptors (Lipinski definition) is 2. The van der Waals surface area contributed by atoms with Gasteiger partial charge in [-0.05, 0) is 25.0 Å². The second-order valence-electron chi connectivity index (χ2n) is 3.97. The van der Waals surface area contributed by atoms with E-state index in [1.165, 1.54) is 0 Å². The first kappa shape index (κ1) is 9.66. The summed E-state index contributed by atoms with van der Waals surface area (Å²) in [5, 5.41) is 9.51. The minimum absolute atomic E-state index is 0.221. The number of carboxylic acid groups (broad SMARTS) is 1. The molecule has 1 N–H and O–H groups in total. The first-order valence-corrected chi connectivity index (χ1v) is 5.46. The van der Waals surface area contributed by atoms with Crippen LogP contribution in [-0.4, -0.2) is 20.5 Å². The number of rotatable bonds is 2. The molecular formula is C11H9ClN2O2. The second-order valence-corrected chi connectivity index (χ2v) is 4.33. The molecule has 2 aromatic heterocycles. The molecule has 0 radical (unpaired) electrons. The van der Waals surface area contributed by atoms with Crippen LogP contribution >= 0.6 is 11.6 Å². The standard InChI is InChI=1S/C11H9ClN2O2/c12-9-7-2-1-3-8(11(15)16)14(7)10(13-9)6-4-5-6/h1-3,6H,4-5H2,(H,15,16). The van der Waals surface area contributed by atoms with E-state index in [1.807, 2.05) is 0 Å². The highest BCUT2D eigenvalue weighted by Gasteiger charge is 2.30. The predicted molar refractivity (Wildman–Crippen MR) is 59.1 cm³/mol. The molecule has 0 bridgehead atoms. The summed E-state index contributed by atoms with van der Waals surface area (Å²) >= 11 is 6.00. The first-order chi connectivity index (χ1) is 7.68. The van der Waals surface area contributed by atoms with E-state index in [0.29, 0.717) is 16.6 Å². The van der Waals surface area contributed by atoms with Gasteiger partial charge in [-0.1, -0.05) is 17.7 Å². The van der Waals surface area contributed by atoms with Crippen LogP contribution in [0, 0.1) is 0 Å². The number of fused-ring (bicyclic) bond motifs is 1. The van der Waals surface area contributed by atoms with Gasteiger partial charge in [0, 0.05) is 5.92 Å². The molecule has 2 aromatic rings. The Morgan fingerprint density at radius 3 is 2.88 bits per heavy atom. The minimum atomic E-state index is -0.957. The molecule has 1 fully saturated rings. The molecule has 0 aliphatic heterocycles. The van der Waals surface area contributed by atoms with Crippen molar-refractivity contribution in [1.29, 1.82) is 0 Å². The van der Waals surface area contributed by atoms with Crippen LogP contribution in [0.1, 0.15) is 35.1 Å². The summed E-state index contributed by atoms with van der Waals surface area (Å²) in [6, 6.07) is 5.04. The third-order valence-electron chi connectivity index (χ3n) is 2.80. The Balaban J connectivity index is 2.38. The molecule has 4 nitrogen and oxygen atoms in total. The van der Waals surface area contributed by atoms with Crippen LogP contribution in [-0.2, 0) is 0 Å². The zero-order valence-corrected chi connectivity index (χ0v) is 9.11.